The molecule has 5 rings (SSSR count). The summed E-state index contributed by atoms with van der Waals surface area (Å²) in [4.78, 5) is 6.84. The van der Waals surface area contributed by atoms with Crippen LogP contribution in [0.5, 0.6) is 11.8 Å². The highest BCUT2D eigenvalue weighted by atomic mass is 16.5. The number of nitrogens with zero attached hydrogens (tertiary/aromatic N) is 7. The van der Waals surface area contributed by atoms with Crippen LogP contribution in [0.2, 0.25) is 0 Å². The van der Waals surface area contributed by atoms with Crippen molar-refractivity contribution in [1.29, 1.82) is 0 Å². The lowest BCUT2D eigenvalue weighted by atomic mass is 10.1. The molecule has 5 heterocycles. The van der Waals surface area contributed by atoms with Gasteiger partial charge in [-0.05, 0) is 46.0 Å². The minimum atomic E-state index is -0.201. The standard InChI is InChI=1S/C25H32N8O3/c1-6-35-24-17-7-8-19-18-11-20(26-12-21(18)28-27-19)23-16(3)29-32(5)25(23)36-10-9-31(4)13-22(17)33(30-24)15(2)14-34/h7-8,11-12,15,34H,6,9-10,13-14H2,1-5H3,(H,27,28)/b8-7+. The molecule has 11 nitrogen and oxygen atoms in total. The SMILES string of the molecule is CCOc1nn(C(C)CO)c2c1/C=C/c1n[nH]c3cnc(cc13)-c1c(C)nn(C)c1OCCN(C)C2. The van der Waals surface area contributed by atoms with Gasteiger partial charge < -0.3 is 14.6 Å². The van der Waals surface area contributed by atoms with Crippen LogP contribution in [0.1, 0.15) is 42.5 Å². The van der Waals surface area contributed by atoms with Crippen molar-refractivity contribution in [3.8, 4) is 23.0 Å². The molecule has 1 atom stereocenters. The Kier molecular flexibility index (Phi) is 6.50. The summed E-state index contributed by atoms with van der Waals surface area (Å²) in [7, 11) is 3.91. The number of fused-ring (bicyclic) bond motifs is 4. The van der Waals surface area contributed by atoms with Crippen LogP contribution >= 0.6 is 0 Å². The van der Waals surface area contributed by atoms with E-state index in [1.807, 2.05) is 57.8 Å². The van der Waals surface area contributed by atoms with Crippen LogP contribution in [0, 0.1) is 6.92 Å². The number of rotatable bonds is 4. The van der Waals surface area contributed by atoms with Crippen LogP contribution in [-0.2, 0) is 13.6 Å². The van der Waals surface area contributed by atoms with E-state index >= 15 is 0 Å². The normalized spacial score (nSPS) is 16.2. The highest BCUT2D eigenvalue weighted by Crippen LogP contribution is 2.34. The second-order valence-corrected chi connectivity index (χ2v) is 9.11. The first-order valence-corrected chi connectivity index (χ1v) is 12.1. The first-order chi connectivity index (χ1) is 17.4. The lowest BCUT2D eigenvalue weighted by Gasteiger charge is -2.20. The first-order valence-electron chi connectivity index (χ1n) is 12.1. The number of H-pyrrole nitrogens is 1. The third kappa shape index (κ3) is 4.24. The quantitative estimate of drug-likeness (QED) is 0.446. The van der Waals surface area contributed by atoms with Gasteiger partial charge in [0.1, 0.15) is 6.61 Å². The molecular weight excluding hydrogens is 460 g/mol. The molecular formula is C25H32N8O3. The summed E-state index contributed by atoms with van der Waals surface area (Å²) in [5.41, 5.74) is 5.94. The van der Waals surface area contributed by atoms with Crippen LogP contribution < -0.4 is 9.47 Å². The van der Waals surface area contributed by atoms with Gasteiger partial charge in [0.15, 0.2) is 0 Å². The average molecular weight is 493 g/mol. The number of hydrogen-bond donors (Lipinski definition) is 2. The molecule has 0 radical (unpaired) electrons. The van der Waals surface area contributed by atoms with E-state index in [1.165, 1.54) is 0 Å². The molecule has 0 fully saturated rings. The molecule has 4 aromatic heterocycles. The maximum absolute atomic E-state index is 9.89. The fourth-order valence-corrected chi connectivity index (χ4v) is 4.56. The summed E-state index contributed by atoms with van der Waals surface area (Å²) >= 11 is 0. The summed E-state index contributed by atoms with van der Waals surface area (Å²) in [5.74, 6) is 1.22. The zero-order valence-electron chi connectivity index (χ0n) is 21.3. The van der Waals surface area contributed by atoms with Crippen molar-refractivity contribution in [1.82, 2.24) is 39.6 Å². The maximum atomic E-state index is 9.89. The Balaban J connectivity index is 1.69. The van der Waals surface area contributed by atoms with E-state index in [1.54, 1.807) is 10.9 Å². The number of pyridine rings is 1. The van der Waals surface area contributed by atoms with E-state index in [-0.39, 0.29) is 12.6 Å². The van der Waals surface area contributed by atoms with Crippen molar-refractivity contribution < 1.29 is 14.6 Å². The zero-order valence-corrected chi connectivity index (χ0v) is 21.3. The minimum absolute atomic E-state index is 0.0291. The molecule has 2 bridgehead atoms. The van der Waals surface area contributed by atoms with Gasteiger partial charge >= 0.3 is 0 Å². The topological polar surface area (TPSA) is 119 Å². The second kappa shape index (κ2) is 9.75. The largest absolute Gasteiger partial charge is 0.476 e. The zero-order chi connectivity index (χ0) is 25.4. The third-order valence-electron chi connectivity index (χ3n) is 6.42. The molecule has 0 aromatic carbocycles. The Morgan fingerprint density at radius 2 is 2.08 bits per heavy atom. The number of ether oxygens (including phenoxy) is 2. The fourth-order valence-electron chi connectivity index (χ4n) is 4.56. The van der Waals surface area contributed by atoms with Gasteiger partial charge in [-0.1, -0.05) is 0 Å². The molecule has 2 N–H and O–H groups in total. The van der Waals surface area contributed by atoms with E-state index in [2.05, 4.69) is 25.2 Å². The number of aromatic nitrogens is 7. The van der Waals surface area contributed by atoms with Crippen molar-refractivity contribution in [2.75, 3.05) is 33.4 Å². The average Bonchev–Trinajstić information content (AvgIpc) is 3.50. The molecule has 4 aromatic rings. The van der Waals surface area contributed by atoms with E-state index in [0.29, 0.717) is 38.1 Å². The number of likely N-dealkylation sites (N-methyl/N-ethyl adjacent to an activating group) is 1. The Bertz CT molecular complexity index is 1420. The van der Waals surface area contributed by atoms with Crippen molar-refractivity contribution in [3.63, 3.8) is 0 Å². The third-order valence-corrected chi connectivity index (χ3v) is 6.42. The number of nitrogens with one attached hydrogen (secondary N) is 1. The molecule has 0 aliphatic carbocycles. The number of aliphatic hydroxyl groups excluding tert-OH is 1. The number of hydrogen-bond acceptors (Lipinski definition) is 8. The van der Waals surface area contributed by atoms with Gasteiger partial charge in [-0.3, -0.25) is 19.7 Å². The Hall–Kier alpha value is -3.70. The Morgan fingerprint density at radius 3 is 2.86 bits per heavy atom. The number of aliphatic hydroxyl groups is 1. The van der Waals surface area contributed by atoms with Crippen LogP contribution in [0.4, 0.5) is 0 Å². The van der Waals surface area contributed by atoms with Crippen molar-refractivity contribution >= 4 is 23.1 Å². The van der Waals surface area contributed by atoms with E-state index in [9.17, 15) is 5.11 Å². The second-order valence-electron chi connectivity index (χ2n) is 9.11. The number of aromatic amines is 1. The first kappa shape index (κ1) is 24.0. The predicted octanol–water partition coefficient (Wildman–Crippen LogP) is 2.81. The summed E-state index contributed by atoms with van der Waals surface area (Å²) in [6.45, 7) is 8.02. The molecule has 190 valence electrons. The molecule has 0 saturated carbocycles. The lowest BCUT2D eigenvalue weighted by molar-refractivity contribution is 0.204. The Morgan fingerprint density at radius 1 is 1.25 bits per heavy atom. The molecule has 0 amide bonds. The van der Waals surface area contributed by atoms with Gasteiger partial charge in [-0.15, -0.1) is 5.10 Å². The summed E-state index contributed by atoms with van der Waals surface area (Å²) in [6.07, 6.45) is 5.75. The molecule has 0 spiro atoms. The maximum Gasteiger partial charge on any atom is 0.240 e. The van der Waals surface area contributed by atoms with E-state index in [4.69, 9.17) is 14.6 Å². The van der Waals surface area contributed by atoms with Crippen LogP contribution in [-0.4, -0.2) is 78.2 Å². The highest BCUT2D eigenvalue weighted by Gasteiger charge is 2.23. The van der Waals surface area contributed by atoms with Gasteiger partial charge in [0.25, 0.3) is 0 Å². The molecule has 1 aliphatic heterocycles. The molecule has 0 saturated heterocycles. The number of aryl methyl sites for hydroxylation is 2. The predicted molar refractivity (Wildman–Crippen MR) is 137 cm³/mol. The van der Waals surface area contributed by atoms with Crippen LogP contribution in [0.3, 0.4) is 0 Å². The molecule has 36 heavy (non-hydrogen) atoms. The highest BCUT2D eigenvalue weighted by molar-refractivity contribution is 5.92. The van der Waals surface area contributed by atoms with Crippen molar-refractivity contribution in [3.05, 3.63) is 34.9 Å². The smallest absolute Gasteiger partial charge is 0.240 e. The minimum Gasteiger partial charge on any atom is -0.476 e. The van der Waals surface area contributed by atoms with Crippen LogP contribution in [0.25, 0.3) is 34.3 Å². The van der Waals surface area contributed by atoms with Gasteiger partial charge in [0.05, 0.1) is 64.9 Å². The lowest BCUT2D eigenvalue weighted by Crippen LogP contribution is -2.27. The van der Waals surface area contributed by atoms with Crippen molar-refractivity contribution in [2.45, 2.75) is 33.4 Å². The van der Waals surface area contributed by atoms with Gasteiger partial charge in [-0.25, -0.2) is 4.68 Å². The van der Waals surface area contributed by atoms with Gasteiger partial charge in [0.2, 0.25) is 11.8 Å². The summed E-state index contributed by atoms with van der Waals surface area (Å²) < 4.78 is 15.8. The van der Waals surface area contributed by atoms with E-state index in [0.717, 1.165) is 44.8 Å². The van der Waals surface area contributed by atoms with Crippen LogP contribution in [0.15, 0.2) is 12.3 Å². The monoisotopic (exact) mass is 492 g/mol. The van der Waals surface area contributed by atoms with Crippen molar-refractivity contribution in [2.24, 2.45) is 7.05 Å². The van der Waals surface area contributed by atoms with Gasteiger partial charge in [0, 0.05) is 25.5 Å². The molecule has 1 aliphatic rings. The molecule has 11 heteroatoms. The summed E-state index contributed by atoms with van der Waals surface area (Å²) in [6, 6.07) is 1.82. The molecule has 1 unspecified atom stereocenters. The fraction of sp³-hybridized carbons (Fsp3) is 0.440. The van der Waals surface area contributed by atoms with Gasteiger partial charge in [-0.2, -0.15) is 10.2 Å². The summed E-state index contributed by atoms with van der Waals surface area (Å²) in [5, 5.41) is 27.7. The Labute approximate surface area is 209 Å². The van der Waals surface area contributed by atoms with E-state index < -0.39 is 0 Å².